The number of para-hydroxylation sites is 1. The van der Waals surface area contributed by atoms with Crippen LogP contribution in [-0.2, 0) is 0 Å². The van der Waals surface area contributed by atoms with Gasteiger partial charge in [-0.1, -0.05) is 29.3 Å². The second-order valence-electron chi connectivity index (χ2n) is 5.37. The summed E-state index contributed by atoms with van der Waals surface area (Å²) < 4.78 is 2.26. The predicted octanol–water partition coefficient (Wildman–Crippen LogP) is 4.93. The number of anilines is 1. The maximum atomic E-state index is 6.15. The Morgan fingerprint density at radius 3 is 2.71 bits per heavy atom. The standard InChI is InChI=1S/C16H13Cl2N3/c17-9-4-7-14-13(8-9)20-16(21(14)10-5-6-10)11-2-1-3-12(18)15(11)19/h1-4,7-8,10H,5-6,19H2. The average Bonchev–Trinajstić information content (AvgIpc) is 3.23. The summed E-state index contributed by atoms with van der Waals surface area (Å²) in [7, 11) is 0. The van der Waals surface area contributed by atoms with Crippen molar-refractivity contribution in [2.45, 2.75) is 18.9 Å². The van der Waals surface area contributed by atoms with E-state index in [1.54, 1.807) is 6.07 Å². The molecule has 2 aromatic carbocycles. The van der Waals surface area contributed by atoms with Crippen molar-refractivity contribution in [1.29, 1.82) is 0 Å². The number of nitrogens with zero attached hydrogens (tertiary/aromatic N) is 2. The smallest absolute Gasteiger partial charge is 0.143 e. The Morgan fingerprint density at radius 1 is 1.14 bits per heavy atom. The molecular formula is C16H13Cl2N3. The Kier molecular flexibility index (Phi) is 2.88. The first-order valence-electron chi connectivity index (χ1n) is 6.87. The van der Waals surface area contributed by atoms with E-state index in [1.807, 2.05) is 30.3 Å². The number of imidazole rings is 1. The lowest BCUT2D eigenvalue weighted by molar-refractivity contribution is 0.775. The first kappa shape index (κ1) is 13.0. The Balaban J connectivity index is 2.03. The van der Waals surface area contributed by atoms with Gasteiger partial charge >= 0.3 is 0 Å². The van der Waals surface area contributed by atoms with E-state index >= 15 is 0 Å². The molecule has 1 aliphatic rings. The highest BCUT2D eigenvalue weighted by atomic mass is 35.5. The Bertz CT molecular complexity index is 850. The first-order chi connectivity index (χ1) is 10.1. The van der Waals surface area contributed by atoms with Gasteiger partial charge in [0.05, 0.1) is 21.7 Å². The van der Waals surface area contributed by atoms with Gasteiger partial charge in [-0.25, -0.2) is 4.98 Å². The zero-order valence-electron chi connectivity index (χ0n) is 11.2. The minimum absolute atomic E-state index is 0.490. The Hall–Kier alpha value is -1.71. The molecule has 0 bridgehead atoms. The molecule has 0 spiro atoms. The Morgan fingerprint density at radius 2 is 1.95 bits per heavy atom. The zero-order chi connectivity index (χ0) is 14.6. The minimum atomic E-state index is 0.490. The average molecular weight is 318 g/mol. The van der Waals surface area contributed by atoms with Gasteiger partial charge in [-0.05, 0) is 43.2 Å². The van der Waals surface area contributed by atoms with Crippen LogP contribution in [0.15, 0.2) is 36.4 Å². The van der Waals surface area contributed by atoms with E-state index in [-0.39, 0.29) is 0 Å². The van der Waals surface area contributed by atoms with Gasteiger partial charge in [0.25, 0.3) is 0 Å². The van der Waals surface area contributed by atoms with Gasteiger partial charge in [-0.3, -0.25) is 0 Å². The SMILES string of the molecule is Nc1c(Cl)cccc1-c1nc2cc(Cl)ccc2n1C1CC1. The van der Waals surface area contributed by atoms with Crippen LogP contribution in [0.2, 0.25) is 10.0 Å². The fourth-order valence-electron chi connectivity index (χ4n) is 2.70. The van der Waals surface area contributed by atoms with Crippen molar-refractivity contribution >= 4 is 39.9 Å². The lowest BCUT2D eigenvalue weighted by Crippen LogP contribution is -2.00. The summed E-state index contributed by atoms with van der Waals surface area (Å²) in [4.78, 5) is 4.75. The van der Waals surface area contributed by atoms with Crippen LogP contribution in [-0.4, -0.2) is 9.55 Å². The van der Waals surface area contributed by atoms with Gasteiger partial charge in [-0.2, -0.15) is 0 Å². The van der Waals surface area contributed by atoms with Gasteiger partial charge in [0, 0.05) is 16.6 Å². The third kappa shape index (κ3) is 2.08. The van der Waals surface area contributed by atoms with Gasteiger partial charge in [0.2, 0.25) is 0 Å². The van der Waals surface area contributed by atoms with Crippen LogP contribution in [0.3, 0.4) is 0 Å². The molecule has 0 aliphatic heterocycles. The highest BCUT2D eigenvalue weighted by Gasteiger charge is 2.29. The number of rotatable bonds is 2. The lowest BCUT2D eigenvalue weighted by Gasteiger charge is -2.10. The lowest BCUT2D eigenvalue weighted by atomic mass is 10.1. The second kappa shape index (κ2) is 4.65. The highest BCUT2D eigenvalue weighted by molar-refractivity contribution is 6.33. The Labute approximate surface area is 132 Å². The number of nitrogens with two attached hydrogens (primary N) is 1. The molecule has 1 heterocycles. The van der Waals surface area contributed by atoms with E-state index in [0.717, 1.165) is 22.4 Å². The molecule has 5 heteroatoms. The fraction of sp³-hybridized carbons (Fsp3) is 0.188. The van der Waals surface area contributed by atoms with Gasteiger partial charge in [-0.15, -0.1) is 0 Å². The van der Waals surface area contributed by atoms with Crippen molar-refractivity contribution in [3.05, 3.63) is 46.4 Å². The summed E-state index contributed by atoms with van der Waals surface area (Å²) in [6.07, 6.45) is 2.34. The number of hydrogen-bond donors (Lipinski definition) is 1. The third-order valence-electron chi connectivity index (χ3n) is 3.86. The minimum Gasteiger partial charge on any atom is -0.397 e. The van der Waals surface area contributed by atoms with Crippen molar-refractivity contribution in [3.63, 3.8) is 0 Å². The number of nitrogen functional groups attached to an aromatic ring is 1. The molecule has 106 valence electrons. The predicted molar refractivity (Wildman–Crippen MR) is 87.9 cm³/mol. The van der Waals surface area contributed by atoms with E-state index in [1.165, 1.54) is 12.8 Å². The summed E-state index contributed by atoms with van der Waals surface area (Å²) in [6.45, 7) is 0. The summed E-state index contributed by atoms with van der Waals surface area (Å²) in [5.41, 5.74) is 9.58. The van der Waals surface area contributed by atoms with Crippen molar-refractivity contribution in [1.82, 2.24) is 9.55 Å². The fourth-order valence-corrected chi connectivity index (χ4v) is 3.04. The highest BCUT2D eigenvalue weighted by Crippen LogP contribution is 2.43. The summed E-state index contributed by atoms with van der Waals surface area (Å²) >= 11 is 12.2. The molecule has 1 fully saturated rings. The van der Waals surface area contributed by atoms with Crippen LogP contribution in [0.25, 0.3) is 22.4 Å². The molecular weight excluding hydrogens is 305 g/mol. The number of halogens is 2. The third-order valence-corrected chi connectivity index (χ3v) is 4.42. The van der Waals surface area contributed by atoms with Gasteiger partial charge in [0.1, 0.15) is 5.82 Å². The molecule has 0 atom stereocenters. The number of fused-ring (bicyclic) bond motifs is 1. The van der Waals surface area contributed by atoms with Crippen LogP contribution < -0.4 is 5.73 Å². The van der Waals surface area contributed by atoms with Crippen LogP contribution >= 0.6 is 23.2 Å². The van der Waals surface area contributed by atoms with Crippen LogP contribution in [0.1, 0.15) is 18.9 Å². The molecule has 1 aromatic heterocycles. The van der Waals surface area contributed by atoms with E-state index in [0.29, 0.717) is 21.8 Å². The maximum absolute atomic E-state index is 6.15. The van der Waals surface area contributed by atoms with E-state index in [9.17, 15) is 0 Å². The molecule has 3 nitrogen and oxygen atoms in total. The zero-order valence-corrected chi connectivity index (χ0v) is 12.7. The molecule has 0 saturated heterocycles. The van der Waals surface area contributed by atoms with Crippen LogP contribution in [0.5, 0.6) is 0 Å². The summed E-state index contributed by atoms with van der Waals surface area (Å²) in [6, 6.07) is 12.0. The molecule has 0 unspecified atom stereocenters. The summed E-state index contributed by atoms with van der Waals surface area (Å²) in [5, 5.41) is 1.24. The van der Waals surface area contributed by atoms with Crippen molar-refractivity contribution in [2.24, 2.45) is 0 Å². The number of hydrogen-bond acceptors (Lipinski definition) is 2. The molecule has 21 heavy (non-hydrogen) atoms. The monoisotopic (exact) mass is 317 g/mol. The van der Waals surface area contributed by atoms with E-state index in [4.69, 9.17) is 33.9 Å². The molecule has 0 radical (unpaired) electrons. The topological polar surface area (TPSA) is 43.8 Å². The van der Waals surface area contributed by atoms with E-state index < -0.39 is 0 Å². The van der Waals surface area contributed by atoms with Crippen molar-refractivity contribution < 1.29 is 0 Å². The van der Waals surface area contributed by atoms with Gasteiger partial charge < -0.3 is 10.3 Å². The molecule has 1 saturated carbocycles. The van der Waals surface area contributed by atoms with Crippen LogP contribution in [0, 0.1) is 0 Å². The summed E-state index contributed by atoms with van der Waals surface area (Å²) in [5.74, 6) is 0.870. The number of aromatic nitrogens is 2. The maximum Gasteiger partial charge on any atom is 0.143 e. The normalized spacial score (nSPS) is 14.8. The quantitative estimate of drug-likeness (QED) is 0.681. The first-order valence-corrected chi connectivity index (χ1v) is 7.62. The molecule has 3 aromatic rings. The van der Waals surface area contributed by atoms with Crippen LogP contribution in [0.4, 0.5) is 5.69 Å². The molecule has 0 amide bonds. The molecule has 1 aliphatic carbocycles. The second-order valence-corrected chi connectivity index (χ2v) is 6.21. The molecule has 4 rings (SSSR count). The van der Waals surface area contributed by atoms with Crippen molar-refractivity contribution in [2.75, 3.05) is 5.73 Å². The van der Waals surface area contributed by atoms with Gasteiger partial charge in [0.15, 0.2) is 0 Å². The molecule has 2 N–H and O–H groups in total. The van der Waals surface area contributed by atoms with Crippen molar-refractivity contribution in [3.8, 4) is 11.4 Å². The van der Waals surface area contributed by atoms with E-state index in [2.05, 4.69) is 4.57 Å². The largest absolute Gasteiger partial charge is 0.397 e. The number of benzene rings is 2.